The maximum absolute atomic E-state index is 8.96. The van der Waals surface area contributed by atoms with E-state index in [0.29, 0.717) is 5.92 Å². The first kappa shape index (κ1) is 15.2. The Labute approximate surface area is 110 Å². The molecule has 0 bridgehead atoms. The van der Waals surface area contributed by atoms with Crippen LogP contribution in [0.3, 0.4) is 0 Å². The highest BCUT2D eigenvalue weighted by Gasteiger charge is 2.08. The molecule has 0 saturated carbocycles. The summed E-state index contributed by atoms with van der Waals surface area (Å²) in [5.41, 5.74) is 2.42. The Kier molecular flexibility index (Phi) is 6.98. The maximum atomic E-state index is 8.96. The second kappa shape index (κ2) is 8.27. The number of aliphatic hydroxyl groups excluding tert-OH is 1. The molecule has 1 aromatic heterocycles. The largest absolute Gasteiger partial charge is 0.396 e. The molecule has 1 rings (SSSR count). The minimum absolute atomic E-state index is 0.285. The Morgan fingerprint density at radius 2 is 2.17 bits per heavy atom. The van der Waals surface area contributed by atoms with Gasteiger partial charge in [-0.2, -0.15) is 5.10 Å². The van der Waals surface area contributed by atoms with Gasteiger partial charge < -0.3 is 10.4 Å². The van der Waals surface area contributed by atoms with Crippen molar-refractivity contribution in [1.29, 1.82) is 0 Å². The van der Waals surface area contributed by atoms with Crippen molar-refractivity contribution < 1.29 is 5.11 Å². The van der Waals surface area contributed by atoms with Crippen LogP contribution in [-0.2, 0) is 19.5 Å². The van der Waals surface area contributed by atoms with Crippen molar-refractivity contribution in [2.75, 3.05) is 13.2 Å². The number of aryl methyl sites for hydroxylation is 2. The number of nitrogens with zero attached hydrogens (tertiary/aromatic N) is 2. The van der Waals surface area contributed by atoms with E-state index in [-0.39, 0.29) is 6.61 Å². The Bertz CT molecular complexity index is 336. The average molecular weight is 253 g/mol. The minimum Gasteiger partial charge on any atom is -0.396 e. The van der Waals surface area contributed by atoms with Gasteiger partial charge in [0.25, 0.3) is 0 Å². The summed E-state index contributed by atoms with van der Waals surface area (Å²) < 4.78 is 2.07. The van der Waals surface area contributed by atoms with Gasteiger partial charge in [0.15, 0.2) is 0 Å². The summed E-state index contributed by atoms with van der Waals surface area (Å²) in [7, 11) is 0. The lowest BCUT2D eigenvalue weighted by atomic mass is 10.0. The lowest BCUT2D eigenvalue weighted by molar-refractivity contribution is 0.251. The highest BCUT2D eigenvalue weighted by Crippen LogP contribution is 2.08. The molecule has 0 amide bonds. The van der Waals surface area contributed by atoms with E-state index in [1.54, 1.807) is 0 Å². The van der Waals surface area contributed by atoms with E-state index in [1.165, 1.54) is 5.69 Å². The van der Waals surface area contributed by atoms with Gasteiger partial charge in [-0.15, -0.1) is 0 Å². The fourth-order valence-corrected chi connectivity index (χ4v) is 2.14. The van der Waals surface area contributed by atoms with Crippen LogP contribution in [0.5, 0.6) is 0 Å². The van der Waals surface area contributed by atoms with Gasteiger partial charge in [0.2, 0.25) is 0 Å². The van der Waals surface area contributed by atoms with E-state index < -0.39 is 0 Å². The number of hydrogen-bond donors (Lipinski definition) is 2. The molecular formula is C14H27N3O. The summed E-state index contributed by atoms with van der Waals surface area (Å²) in [6, 6.07) is 2.18. The van der Waals surface area contributed by atoms with Gasteiger partial charge in [-0.25, -0.2) is 0 Å². The highest BCUT2D eigenvalue weighted by atomic mass is 16.3. The van der Waals surface area contributed by atoms with Gasteiger partial charge in [-0.1, -0.05) is 20.3 Å². The Morgan fingerprint density at radius 3 is 2.72 bits per heavy atom. The van der Waals surface area contributed by atoms with E-state index in [9.17, 15) is 0 Å². The second-order valence-corrected chi connectivity index (χ2v) is 4.71. The topological polar surface area (TPSA) is 50.1 Å². The molecule has 0 aromatic carbocycles. The average Bonchev–Trinajstić information content (AvgIpc) is 2.80. The summed E-state index contributed by atoms with van der Waals surface area (Å²) in [5.74, 6) is 0.568. The SMILES string of the molecule is CCc1cc(CNCC(CC)CCO)n(CC)n1. The molecule has 1 atom stereocenters. The predicted molar refractivity (Wildman–Crippen MR) is 74.5 cm³/mol. The third-order valence-electron chi connectivity index (χ3n) is 3.43. The van der Waals surface area contributed by atoms with E-state index in [1.807, 2.05) is 0 Å². The lowest BCUT2D eigenvalue weighted by Crippen LogP contribution is -2.24. The normalized spacial score (nSPS) is 12.9. The lowest BCUT2D eigenvalue weighted by Gasteiger charge is -2.14. The molecular weight excluding hydrogens is 226 g/mol. The molecule has 0 radical (unpaired) electrons. The van der Waals surface area contributed by atoms with Crippen molar-refractivity contribution in [3.63, 3.8) is 0 Å². The van der Waals surface area contributed by atoms with Crippen molar-refractivity contribution in [2.24, 2.45) is 5.92 Å². The molecule has 0 aliphatic heterocycles. The molecule has 0 fully saturated rings. The van der Waals surface area contributed by atoms with Gasteiger partial charge in [-0.3, -0.25) is 4.68 Å². The predicted octanol–water partition coefficient (Wildman–Crippen LogP) is 1.96. The quantitative estimate of drug-likeness (QED) is 0.707. The van der Waals surface area contributed by atoms with E-state index in [2.05, 4.69) is 41.9 Å². The molecule has 1 heterocycles. The van der Waals surface area contributed by atoms with Crippen LogP contribution in [0.4, 0.5) is 0 Å². The Hall–Kier alpha value is -0.870. The van der Waals surface area contributed by atoms with Gasteiger partial charge >= 0.3 is 0 Å². The Balaban J connectivity index is 2.44. The summed E-state index contributed by atoms with van der Waals surface area (Å²) >= 11 is 0. The number of aliphatic hydroxyl groups is 1. The van der Waals surface area contributed by atoms with Crippen LogP contribution in [-0.4, -0.2) is 28.0 Å². The highest BCUT2D eigenvalue weighted by molar-refractivity contribution is 5.10. The van der Waals surface area contributed by atoms with Crippen LogP contribution >= 0.6 is 0 Å². The van der Waals surface area contributed by atoms with E-state index in [0.717, 1.165) is 44.6 Å². The van der Waals surface area contributed by atoms with Crippen molar-refractivity contribution in [2.45, 2.75) is 53.1 Å². The third-order valence-corrected chi connectivity index (χ3v) is 3.43. The van der Waals surface area contributed by atoms with Gasteiger partial charge in [0, 0.05) is 19.7 Å². The van der Waals surface area contributed by atoms with Crippen LogP contribution < -0.4 is 5.32 Å². The fourth-order valence-electron chi connectivity index (χ4n) is 2.14. The number of rotatable bonds is 9. The molecule has 0 spiro atoms. The molecule has 0 aliphatic carbocycles. The molecule has 1 aromatic rings. The number of hydrogen-bond acceptors (Lipinski definition) is 3. The van der Waals surface area contributed by atoms with Crippen molar-refractivity contribution in [3.8, 4) is 0 Å². The van der Waals surface area contributed by atoms with Gasteiger partial charge in [-0.05, 0) is 38.3 Å². The molecule has 4 nitrogen and oxygen atoms in total. The van der Waals surface area contributed by atoms with Crippen LogP contribution in [0.2, 0.25) is 0 Å². The van der Waals surface area contributed by atoms with Crippen LogP contribution in [0.15, 0.2) is 6.07 Å². The molecule has 1 unspecified atom stereocenters. The first-order valence-electron chi connectivity index (χ1n) is 7.12. The zero-order valence-electron chi connectivity index (χ0n) is 11.9. The summed E-state index contributed by atoms with van der Waals surface area (Å²) in [6.07, 6.45) is 2.99. The second-order valence-electron chi connectivity index (χ2n) is 4.71. The van der Waals surface area contributed by atoms with Crippen LogP contribution in [0, 0.1) is 5.92 Å². The zero-order valence-corrected chi connectivity index (χ0v) is 11.9. The molecule has 2 N–H and O–H groups in total. The van der Waals surface area contributed by atoms with Gasteiger partial charge in [0.1, 0.15) is 0 Å². The molecule has 104 valence electrons. The molecule has 0 aliphatic rings. The Morgan fingerprint density at radius 1 is 1.39 bits per heavy atom. The summed E-state index contributed by atoms with van der Waals surface area (Å²) in [5, 5.41) is 17.0. The molecule has 4 heteroatoms. The molecule has 0 saturated heterocycles. The van der Waals surface area contributed by atoms with E-state index in [4.69, 9.17) is 5.11 Å². The number of nitrogens with one attached hydrogen (secondary N) is 1. The molecule has 18 heavy (non-hydrogen) atoms. The maximum Gasteiger partial charge on any atom is 0.0625 e. The van der Waals surface area contributed by atoms with Crippen molar-refractivity contribution in [1.82, 2.24) is 15.1 Å². The van der Waals surface area contributed by atoms with E-state index >= 15 is 0 Å². The van der Waals surface area contributed by atoms with Gasteiger partial charge in [0.05, 0.1) is 11.4 Å². The van der Waals surface area contributed by atoms with Crippen LogP contribution in [0.1, 0.15) is 45.0 Å². The fraction of sp³-hybridized carbons (Fsp3) is 0.786. The standard InChI is InChI=1S/C14H27N3O/c1-4-12(7-8-18)10-15-11-14-9-13(5-2)16-17(14)6-3/h9,12,15,18H,4-8,10-11H2,1-3H3. The zero-order chi connectivity index (χ0) is 13.4. The smallest absolute Gasteiger partial charge is 0.0625 e. The minimum atomic E-state index is 0.285. The van der Waals surface area contributed by atoms with Crippen molar-refractivity contribution >= 4 is 0 Å². The third kappa shape index (κ3) is 4.42. The number of aromatic nitrogens is 2. The van der Waals surface area contributed by atoms with Crippen molar-refractivity contribution in [3.05, 3.63) is 17.5 Å². The monoisotopic (exact) mass is 253 g/mol. The first-order chi connectivity index (χ1) is 8.74. The summed E-state index contributed by atoms with van der Waals surface area (Å²) in [6.45, 7) is 9.46. The first-order valence-corrected chi connectivity index (χ1v) is 7.12. The van der Waals surface area contributed by atoms with Crippen LogP contribution in [0.25, 0.3) is 0 Å². The summed E-state index contributed by atoms with van der Waals surface area (Å²) in [4.78, 5) is 0.